The van der Waals surface area contributed by atoms with Gasteiger partial charge < -0.3 is 15.5 Å². The highest BCUT2D eigenvalue weighted by atomic mass is 32.1. The van der Waals surface area contributed by atoms with Crippen molar-refractivity contribution in [2.45, 2.75) is 19.4 Å². The van der Waals surface area contributed by atoms with Gasteiger partial charge in [0, 0.05) is 50.6 Å². The maximum absolute atomic E-state index is 5.81. The van der Waals surface area contributed by atoms with E-state index in [4.69, 9.17) is 5.73 Å². The van der Waals surface area contributed by atoms with Crippen LogP contribution in [-0.2, 0) is 6.42 Å². The predicted molar refractivity (Wildman–Crippen MR) is 72.4 cm³/mol. The maximum Gasteiger partial charge on any atom is 0.0941 e. The molecule has 2 rings (SSSR count). The lowest BCUT2D eigenvalue weighted by atomic mass is 10.3. The van der Waals surface area contributed by atoms with Crippen molar-refractivity contribution in [1.29, 1.82) is 0 Å². The van der Waals surface area contributed by atoms with Gasteiger partial charge in [0.15, 0.2) is 0 Å². The fraction of sp³-hybridized carbons (Fsp3) is 0.750. The van der Waals surface area contributed by atoms with Gasteiger partial charge in [0.05, 0.1) is 10.7 Å². The van der Waals surface area contributed by atoms with E-state index in [2.05, 4.69) is 27.2 Å². The Morgan fingerprint density at radius 1 is 1.41 bits per heavy atom. The summed E-state index contributed by atoms with van der Waals surface area (Å²) in [6, 6.07) is 0.0589. The highest BCUT2D eigenvalue weighted by Gasteiger charge is 2.14. The van der Waals surface area contributed by atoms with Crippen LogP contribution in [0.3, 0.4) is 0 Å². The van der Waals surface area contributed by atoms with Gasteiger partial charge in [-0.05, 0) is 14.0 Å². The Morgan fingerprint density at radius 2 is 2.12 bits per heavy atom. The number of rotatable bonds is 4. The number of likely N-dealkylation sites (N-methyl/N-ethyl adjacent to an activating group) is 1. The molecule has 0 bridgehead atoms. The summed E-state index contributed by atoms with van der Waals surface area (Å²) < 4.78 is 0. The molecule has 1 saturated heterocycles. The van der Waals surface area contributed by atoms with Crippen molar-refractivity contribution < 1.29 is 0 Å². The molecule has 1 unspecified atom stereocenters. The predicted octanol–water partition coefficient (Wildman–Crippen LogP) is 0.953. The third-order valence-electron chi connectivity index (χ3n) is 3.27. The average molecular weight is 254 g/mol. The average Bonchev–Trinajstić information content (AvgIpc) is 2.77. The monoisotopic (exact) mass is 254 g/mol. The molecule has 1 aromatic heterocycles. The first-order valence-electron chi connectivity index (χ1n) is 6.26. The van der Waals surface area contributed by atoms with E-state index in [9.17, 15) is 0 Å². The molecule has 0 radical (unpaired) electrons. The fourth-order valence-electron chi connectivity index (χ4n) is 1.97. The summed E-state index contributed by atoms with van der Waals surface area (Å²) in [5.74, 6) is 0. The van der Waals surface area contributed by atoms with Crippen LogP contribution in [0, 0.1) is 0 Å². The number of thiazole rings is 1. The number of nitrogens with two attached hydrogens (primary N) is 1. The van der Waals surface area contributed by atoms with E-state index in [-0.39, 0.29) is 6.04 Å². The molecule has 0 aromatic carbocycles. The first kappa shape index (κ1) is 13.0. The molecule has 1 aliphatic rings. The Hall–Kier alpha value is -0.490. The number of hydrogen-bond acceptors (Lipinski definition) is 5. The van der Waals surface area contributed by atoms with Crippen LogP contribution in [0.4, 0.5) is 0 Å². The molecule has 0 amide bonds. The minimum absolute atomic E-state index is 0.0589. The van der Waals surface area contributed by atoms with Gasteiger partial charge in [0.1, 0.15) is 0 Å². The van der Waals surface area contributed by atoms with E-state index < -0.39 is 0 Å². The lowest BCUT2D eigenvalue weighted by molar-refractivity contribution is 0.155. The first-order valence-corrected chi connectivity index (χ1v) is 7.14. The van der Waals surface area contributed by atoms with Crippen molar-refractivity contribution in [2.24, 2.45) is 5.73 Å². The van der Waals surface area contributed by atoms with Crippen molar-refractivity contribution in [3.05, 3.63) is 16.1 Å². The van der Waals surface area contributed by atoms with Crippen LogP contribution in [-0.4, -0.2) is 54.6 Å². The second-order valence-corrected chi connectivity index (χ2v) is 5.79. The molecule has 0 saturated carbocycles. The molecule has 0 aliphatic carbocycles. The number of aromatic nitrogens is 1. The molecule has 1 atom stereocenters. The van der Waals surface area contributed by atoms with Gasteiger partial charge in [-0.3, -0.25) is 0 Å². The lowest BCUT2D eigenvalue weighted by Crippen LogP contribution is -2.45. The van der Waals surface area contributed by atoms with Gasteiger partial charge in [-0.1, -0.05) is 0 Å². The van der Waals surface area contributed by atoms with Crippen LogP contribution in [0.15, 0.2) is 5.38 Å². The highest BCUT2D eigenvalue weighted by molar-refractivity contribution is 7.09. The standard InChI is InChI=1S/C12H22N4S/c1-10(13)11-9-17-12(14-11)3-4-16-7-5-15(2)6-8-16/h9-10H,3-8,13H2,1-2H3. The van der Waals surface area contributed by atoms with E-state index in [1.807, 2.05) is 6.92 Å². The molecule has 5 heteroatoms. The normalized spacial score (nSPS) is 20.6. The minimum Gasteiger partial charge on any atom is -0.323 e. The summed E-state index contributed by atoms with van der Waals surface area (Å²) in [7, 11) is 2.19. The van der Waals surface area contributed by atoms with Crippen LogP contribution >= 0.6 is 11.3 Å². The first-order chi connectivity index (χ1) is 8.15. The third kappa shape index (κ3) is 3.74. The topological polar surface area (TPSA) is 45.4 Å². The molecule has 1 fully saturated rings. The van der Waals surface area contributed by atoms with Gasteiger partial charge >= 0.3 is 0 Å². The van der Waals surface area contributed by atoms with Crippen LogP contribution in [0.25, 0.3) is 0 Å². The Kier molecular flexibility index (Phi) is 4.50. The molecule has 4 nitrogen and oxygen atoms in total. The summed E-state index contributed by atoms with van der Waals surface area (Å²) in [5, 5.41) is 3.31. The lowest BCUT2D eigenvalue weighted by Gasteiger charge is -2.32. The zero-order valence-corrected chi connectivity index (χ0v) is 11.5. The fourth-order valence-corrected chi connectivity index (χ4v) is 2.87. The Labute approximate surface area is 107 Å². The van der Waals surface area contributed by atoms with Crippen LogP contribution in [0.5, 0.6) is 0 Å². The SMILES string of the molecule is CC(N)c1csc(CCN2CCN(C)CC2)n1. The molecular weight excluding hydrogens is 232 g/mol. The van der Waals surface area contributed by atoms with E-state index in [0.29, 0.717) is 0 Å². The number of nitrogens with zero attached hydrogens (tertiary/aromatic N) is 3. The highest BCUT2D eigenvalue weighted by Crippen LogP contribution is 2.15. The van der Waals surface area contributed by atoms with Gasteiger partial charge in [0.2, 0.25) is 0 Å². The Morgan fingerprint density at radius 3 is 2.71 bits per heavy atom. The van der Waals surface area contributed by atoms with Crippen molar-refractivity contribution in [1.82, 2.24) is 14.8 Å². The molecule has 2 N–H and O–H groups in total. The summed E-state index contributed by atoms with van der Waals surface area (Å²) in [6.45, 7) is 7.84. The third-order valence-corrected chi connectivity index (χ3v) is 4.20. The van der Waals surface area contributed by atoms with Gasteiger partial charge in [-0.2, -0.15) is 0 Å². The summed E-state index contributed by atoms with van der Waals surface area (Å²) >= 11 is 1.74. The smallest absolute Gasteiger partial charge is 0.0941 e. The molecule has 96 valence electrons. The molecule has 17 heavy (non-hydrogen) atoms. The van der Waals surface area contributed by atoms with Crippen molar-refractivity contribution in [3.8, 4) is 0 Å². The van der Waals surface area contributed by atoms with Crippen LogP contribution in [0.2, 0.25) is 0 Å². The molecule has 1 aliphatic heterocycles. The van der Waals surface area contributed by atoms with E-state index in [1.165, 1.54) is 31.2 Å². The van der Waals surface area contributed by atoms with E-state index in [1.54, 1.807) is 11.3 Å². The summed E-state index contributed by atoms with van der Waals surface area (Å²) in [6.07, 6.45) is 1.06. The summed E-state index contributed by atoms with van der Waals surface area (Å²) in [4.78, 5) is 9.47. The zero-order valence-electron chi connectivity index (χ0n) is 10.7. The van der Waals surface area contributed by atoms with Crippen LogP contribution < -0.4 is 5.73 Å². The zero-order chi connectivity index (χ0) is 12.3. The van der Waals surface area contributed by atoms with E-state index >= 15 is 0 Å². The minimum atomic E-state index is 0.0589. The second-order valence-electron chi connectivity index (χ2n) is 4.85. The summed E-state index contributed by atoms with van der Waals surface area (Å²) in [5.41, 5.74) is 6.84. The molecule has 2 heterocycles. The van der Waals surface area contributed by atoms with Gasteiger partial charge in [0.25, 0.3) is 0 Å². The largest absolute Gasteiger partial charge is 0.323 e. The van der Waals surface area contributed by atoms with Crippen molar-refractivity contribution in [3.63, 3.8) is 0 Å². The quantitative estimate of drug-likeness (QED) is 0.869. The number of hydrogen-bond donors (Lipinski definition) is 1. The van der Waals surface area contributed by atoms with Crippen molar-refractivity contribution in [2.75, 3.05) is 39.8 Å². The second kappa shape index (κ2) is 5.91. The van der Waals surface area contributed by atoms with Gasteiger partial charge in [-0.15, -0.1) is 11.3 Å². The van der Waals surface area contributed by atoms with Crippen molar-refractivity contribution >= 4 is 11.3 Å². The Bertz CT molecular complexity index is 342. The van der Waals surface area contributed by atoms with Crippen LogP contribution in [0.1, 0.15) is 23.7 Å². The molecular formula is C12H22N4S. The van der Waals surface area contributed by atoms with E-state index in [0.717, 1.165) is 18.7 Å². The maximum atomic E-state index is 5.81. The molecule has 0 spiro atoms. The Balaban J connectivity index is 1.77. The molecule has 1 aromatic rings. The van der Waals surface area contributed by atoms with Gasteiger partial charge in [-0.25, -0.2) is 4.98 Å². The number of piperazine rings is 1.